The molecule has 5 rings (SSSR count). The number of halogens is 2. The first-order valence-electron chi connectivity index (χ1n) is 11.8. The number of pyridine rings is 1. The molecule has 0 saturated carbocycles. The van der Waals surface area contributed by atoms with Crippen molar-refractivity contribution < 1.29 is 4.79 Å². The van der Waals surface area contributed by atoms with Crippen molar-refractivity contribution in [3.8, 4) is 22.4 Å². The van der Waals surface area contributed by atoms with E-state index in [1.807, 2.05) is 17.9 Å². The molecule has 2 aliphatic heterocycles. The number of rotatable bonds is 4. The Hall–Kier alpha value is -2.74. The molecule has 35 heavy (non-hydrogen) atoms. The van der Waals surface area contributed by atoms with Crippen LogP contribution >= 0.6 is 23.2 Å². The van der Waals surface area contributed by atoms with Crippen molar-refractivity contribution in [1.29, 1.82) is 0 Å². The number of hydrogen-bond acceptors (Lipinski definition) is 6. The summed E-state index contributed by atoms with van der Waals surface area (Å²) in [4.78, 5) is 30.8. The molecule has 0 aliphatic carbocycles. The Balaban J connectivity index is 1.47. The van der Waals surface area contributed by atoms with Gasteiger partial charge in [-0.3, -0.25) is 4.79 Å². The minimum Gasteiger partial charge on any atom is -0.384 e. The number of nitrogen functional groups attached to an aromatic ring is 1. The fourth-order valence-corrected chi connectivity index (χ4v) is 6.09. The second-order valence-electron chi connectivity index (χ2n) is 9.65. The van der Waals surface area contributed by atoms with Gasteiger partial charge in [-0.15, -0.1) is 0 Å². The maximum absolute atomic E-state index is 13.4. The zero-order chi connectivity index (χ0) is 24.7. The summed E-state index contributed by atoms with van der Waals surface area (Å²) in [5.41, 5.74) is 10.5. The van der Waals surface area contributed by atoms with Gasteiger partial charge in [-0.25, -0.2) is 15.0 Å². The molecule has 2 aliphatic rings. The minimum absolute atomic E-state index is 0.117. The Morgan fingerprint density at radius 2 is 1.74 bits per heavy atom. The molecule has 3 aromatic rings. The predicted molar refractivity (Wildman–Crippen MR) is 140 cm³/mol. The number of aryl methyl sites for hydroxylation is 1. The average Bonchev–Trinajstić information content (AvgIpc) is 2.83. The van der Waals surface area contributed by atoms with Gasteiger partial charge in [0.2, 0.25) is 0 Å². The zero-order valence-corrected chi connectivity index (χ0v) is 21.4. The summed E-state index contributed by atoms with van der Waals surface area (Å²) in [6.45, 7) is 5.69. The first-order chi connectivity index (χ1) is 16.8. The Labute approximate surface area is 215 Å². The van der Waals surface area contributed by atoms with Crippen LogP contribution in [0.5, 0.6) is 0 Å². The molecule has 0 atom stereocenters. The smallest absolute Gasteiger partial charge is 0.256 e. The summed E-state index contributed by atoms with van der Waals surface area (Å²) in [5, 5.41) is 0.637. The number of likely N-dealkylation sites (tertiary alicyclic amines) is 2. The lowest BCUT2D eigenvalue weighted by Gasteiger charge is -2.52. The van der Waals surface area contributed by atoms with Crippen LogP contribution in [0.4, 0.5) is 5.82 Å². The van der Waals surface area contributed by atoms with Gasteiger partial charge < -0.3 is 15.5 Å². The summed E-state index contributed by atoms with van der Waals surface area (Å²) in [6.07, 6.45) is 5.97. The average molecular weight is 511 g/mol. The summed E-state index contributed by atoms with van der Waals surface area (Å²) in [5.74, 6) is 0.320. The maximum atomic E-state index is 13.4. The third-order valence-electron chi connectivity index (χ3n) is 7.19. The van der Waals surface area contributed by atoms with E-state index in [1.54, 1.807) is 24.4 Å². The van der Waals surface area contributed by atoms with Crippen LogP contribution < -0.4 is 5.73 Å². The lowest BCUT2D eigenvalue weighted by Crippen LogP contribution is -2.59. The fourth-order valence-electron chi connectivity index (χ4n) is 5.44. The van der Waals surface area contributed by atoms with Gasteiger partial charge in [0, 0.05) is 49.1 Å². The highest BCUT2D eigenvalue weighted by Crippen LogP contribution is 2.41. The third-order valence-corrected chi connectivity index (χ3v) is 7.78. The van der Waals surface area contributed by atoms with Crippen LogP contribution in [0.25, 0.3) is 22.4 Å². The Bertz CT molecular complexity index is 1240. The van der Waals surface area contributed by atoms with Crippen LogP contribution in [-0.4, -0.2) is 63.9 Å². The Kier molecular flexibility index (Phi) is 6.42. The first kappa shape index (κ1) is 24.0. The summed E-state index contributed by atoms with van der Waals surface area (Å²) < 4.78 is 0. The van der Waals surface area contributed by atoms with Gasteiger partial charge in [-0.1, -0.05) is 30.1 Å². The van der Waals surface area contributed by atoms with Gasteiger partial charge in [0.1, 0.15) is 12.1 Å². The number of hydrogen-bond donors (Lipinski definition) is 1. The molecule has 4 heterocycles. The molecule has 1 aromatic carbocycles. The molecular formula is C26H28Cl2N6O. The summed E-state index contributed by atoms with van der Waals surface area (Å²) in [7, 11) is 2.14. The van der Waals surface area contributed by atoms with Crippen molar-refractivity contribution in [2.24, 2.45) is 5.41 Å². The quantitative estimate of drug-likeness (QED) is 0.540. The van der Waals surface area contributed by atoms with E-state index in [1.165, 1.54) is 6.33 Å². The molecule has 1 spiro atoms. The maximum Gasteiger partial charge on any atom is 0.256 e. The third kappa shape index (κ3) is 4.48. The van der Waals surface area contributed by atoms with E-state index in [-0.39, 0.29) is 5.91 Å². The van der Waals surface area contributed by atoms with Crippen molar-refractivity contribution >= 4 is 34.9 Å². The van der Waals surface area contributed by atoms with Crippen molar-refractivity contribution in [3.05, 3.63) is 58.1 Å². The van der Waals surface area contributed by atoms with Gasteiger partial charge in [-0.05, 0) is 56.0 Å². The van der Waals surface area contributed by atoms with Crippen LogP contribution in [0.15, 0.2) is 36.8 Å². The van der Waals surface area contributed by atoms with Gasteiger partial charge >= 0.3 is 0 Å². The number of carbonyl (C=O) groups is 1. The van der Waals surface area contributed by atoms with Crippen molar-refractivity contribution in [2.45, 2.75) is 26.2 Å². The van der Waals surface area contributed by atoms with Crippen LogP contribution in [0.2, 0.25) is 10.0 Å². The van der Waals surface area contributed by atoms with Crippen molar-refractivity contribution in [1.82, 2.24) is 24.8 Å². The van der Waals surface area contributed by atoms with Crippen LogP contribution in [0.1, 0.15) is 35.8 Å². The van der Waals surface area contributed by atoms with Crippen LogP contribution in [0.3, 0.4) is 0 Å². The van der Waals surface area contributed by atoms with E-state index in [4.69, 9.17) is 28.9 Å². The second-order valence-corrected chi connectivity index (χ2v) is 10.5. The van der Waals surface area contributed by atoms with Crippen molar-refractivity contribution in [3.63, 3.8) is 0 Å². The Morgan fingerprint density at radius 3 is 2.31 bits per heavy atom. The van der Waals surface area contributed by atoms with E-state index in [2.05, 4.69) is 26.9 Å². The fraction of sp³-hybridized carbons (Fsp3) is 0.385. The number of aromatic nitrogens is 3. The monoisotopic (exact) mass is 510 g/mol. The molecule has 0 bridgehead atoms. The highest BCUT2D eigenvalue weighted by molar-refractivity contribution is 6.40. The SMILES string of the molecule is CCc1ncnc(-c2cc(Cl)c(C(=O)N3CCC4(CC3)CN(C)C4)c(Cl)c2)c1-c1ccc(N)nc1. The second kappa shape index (κ2) is 9.37. The largest absolute Gasteiger partial charge is 0.384 e. The molecule has 2 N–H and O–H groups in total. The lowest BCUT2D eigenvalue weighted by atomic mass is 9.72. The number of nitrogens with zero attached hydrogens (tertiary/aromatic N) is 5. The summed E-state index contributed by atoms with van der Waals surface area (Å²) in [6, 6.07) is 7.18. The predicted octanol–water partition coefficient (Wildman–Crippen LogP) is 4.82. The molecule has 0 radical (unpaired) electrons. The normalized spacial score (nSPS) is 17.4. The van der Waals surface area contributed by atoms with Gasteiger partial charge in [-0.2, -0.15) is 0 Å². The molecule has 7 nitrogen and oxygen atoms in total. The van der Waals surface area contributed by atoms with E-state index in [0.717, 1.165) is 61.4 Å². The standard InChI is InChI=1S/C26H28Cl2N6O/c1-3-20-22(16-4-5-21(29)30-12-16)24(32-15-31-20)17-10-18(27)23(19(28)11-17)25(35)34-8-6-26(7-9-34)13-33(2)14-26/h4-5,10-12,15H,3,6-9,13-14H2,1-2H3,(H2,29,30). The van der Waals surface area contributed by atoms with Crippen molar-refractivity contribution in [2.75, 3.05) is 39.0 Å². The van der Waals surface area contributed by atoms with Gasteiger partial charge in [0.15, 0.2) is 0 Å². The molecule has 2 aromatic heterocycles. The number of amides is 1. The number of piperidine rings is 1. The summed E-state index contributed by atoms with van der Waals surface area (Å²) >= 11 is 13.4. The molecular weight excluding hydrogens is 483 g/mol. The molecule has 2 fully saturated rings. The van der Waals surface area contributed by atoms with Crippen LogP contribution in [-0.2, 0) is 6.42 Å². The molecule has 2 saturated heterocycles. The van der Waals surface area contributed by atoms with Crippen LogP contribution in [0, 0.1) is 5.41 Å². The van der Waals surface area contributed by atoms with E-state index in [0.29, 0.717) is 39.0 Å². The Morgan fingerprint density at radius 1 is 1.06 bits per heavy atom. The number of anilines is 1. The molecule has 182 valence electrons. The number of nitrogens with two attached hydrogens (primary N) is 1. The number of carbonyl (C=O) groups excluding carboxylic acids is 1. The number of benzene rings is 1. The lowest BCUT2D eigenvalue weighted by molar-refractivity contribution is -0.0268. The van der Waals surface area contributed by atoms with Gasteiger partial charge in [0.25, 0.3) is 5.91 Å². The highest BCUT2D eigenvalue weighted by atomic mass is 35.5. The topological polar surface area (TPSA) is 88.2 Å². The van der Waals surface area contributed by atoms with E-state index < -0.39 is 0 Å². The van der Waals surface area contributed by atoms with Gasteiger partial charge in [0.05, 0.1) is 27.0 Å². The van der Waals surface area contributed by atoms with E-state index in [9.17, 15) is 4.79 Å². The molecule has 9 heteroatoms. The minimum atomic E-state index is -0.117. The zero-order valence-electron chi connectivity index (χ0n) is 19.9. The molecule has 1 amide bonds. The first-order valence-corrected chi connectivity index (χ1v) is 12.6. The highest BCUT2D eigenvalue weighted by Gasteiger charge is 2.44. The molecule has 0 unspecified atom stereocenters. The van der Waals surface area contributed by atoms with E-state index >= 15 is 0 Å².